The molecule has 0 aliphatic heterocycles. The highest BCUT2D eigenvalue weighted by atomic mass is 16.4. The Balaban J connectivity index is 2.21. The number of para-hydroxylation sites is 1. The van der Waals surface area contributed by atoms with Crippen LogP contribution in [0.1, 0.15) is 16.1 Å². The van der Waals surface area contributed by atoms with Crippen molar-refractivity contribution in [2.75, 3.05) is 5.32 Å². The van der Waals surface area contributed by atoms with Gasteiger partial charge in [-0.2, -0.15) is 0 Å². The molecular formula is C16H13N3O2. The van der Waals surface area contributed by atoms with Gasteiger partial charge in [-0.3, -0.25) is 9.97 Å². The Morgan fingerprint density at radius 2 is 1.95 bits per heavy atom. The Morgan fingerprint density at radius 3 is 2.71 bits per heavy atom. The SMILES string of the molecule is Cc1ncccc1Nc1c(C(=O)O)cnc2ccccc12. The van der Waals surface area contributed by atoms with Gasteiger partial charge in [0.1, 0.15) is 5.56 Å². The normalized spacial score (nSPS) is 10.5. The summed E-state index contributed by atoms with van der Waals surface area (Å²) < 4.78 is 0. The van der Waals surface area contributed by atoms with Gasteiger partial charge in [0.05, 0.1) is 22.6 Å². The highest BCUT2D eigenvalue weighted by molar-refractivity contribution is 6.05. The van der Waals surface area contributed by atoms with E-state index in [1.54, 1.807) is 12.3 Å². The molecule has 0 saturated carbocycles. The standard InChI is InChI=1S/C16H13N3O2/c1-10-13(7-4-8-17-10)19-15-11-5-2-3-6-14(11)18-9-12(15)16(20)21/h2-9H,1H3,(H,18,19)(H,20,21). The second kappa shape index (κ2) is 5.20. The fourth-order valence-electron chi connectivity index (χ4n) is 2.19. The number of aromatic carboxylic acids is 1. The molecular weight excluding hydrogens is 266 g/mol. The summed E-state index contributed by atoms with van der Waals surface area (Å²) in [5, 5.41) is 13.3. The van der Waals surface area contributed by atoms with Crippen molar-refractivity contribution in [2.45, 2.75) is 6.92 Å². The number of nitrogens with one attached hydrogen (secondary N) is 1. The summed E-state index contributed by atoms with van der Waals surface area (Å²) in [5.74, 6) is -1.02. The number of hydrogen-bond acceptors (Lipinski definition) is 4. The van der Waals surface area contributed by atoms with Gasteiger partial charge in [0.15, 0.2) is 0 Å². The molecule has 0 aliphatic carbocycles. The second-order valence-corrected chi connectivity index (χ2v) is 4.63. The Kier molecular flexibility index (Phi) is 3.23. The summed E-state index contributed by atoms with van der Waals surface area (Å²) in [7, 11) is 0. The first-order valence-electron chi connectivity index (χ1n) is 6.46. The molecule has 0 atom stereocenters. The topological polar surface area (TPSA) is 75.1 Å². The number of aryl methyl sites for hydroxylation is 1. The first-order chi connectivity index (χ1) is 10.2. The van der Waals surface area contributed by atoms with E-state index in [4.69, 9.17) is 0 Å². The van der Waals surface area contributed by atoms with E-state index >= 15 is 0 Å². The first-order valence-corrected chi connectivity index (χ1v) is 6.46. The molecule has 3 aromatic rings. The van der Waals surface area contributed by atoms with Crippen LogP contribution in [0.4, 0.5) is 11.4 Å². The number of carbonyl (C=O) groups is 1. The number of carboxylic acids is 1. The molecule has 2 N–H and O–H groups in total. The Labute approximate surface area is 121 Å². The number of fused-ring (bicyclic) bond motifs is 1. The van der Waals surface area contributed by atoms with Crippen LogP contribution in [0.5, 0.6) is 0 Å². The third kappa shape index (κ3) is 2.41. The van der Waals surface area contributed by atoms with E-state index in [0.29, 0.717) is 5.69 Å². The molecule has 2 heterocycles. The summed E-state index contributed by atoms with van der Waals surface area (Å²) in [6.07, 6.45) is 3.07. The molecule has 0 saturated heterocycles. The molecule has 1 aromatic carbocycles. The van der Waals surface area contributed by atoms with E-state index in [1.165, 1.54) is 6.20 Å². The van der Waals surface area contributed by atoms with Crippen LogP contribution in [0.3, 0.4) is 0 Å². The number of rotatable bonds is 3. The Bertz CT molecular complexity index is 831. The minimum absolute atomic E-state index is 0.136. The van der Waals surface area contributed by atoms with Crippen LogP contribution in [0, 0.1) is 6.92 Å². The van der Waals surface area contributed by atoms with Gasteiger partial charge in [-0.15, -0.1) is 0 Å². The molecule has 21 heavy (non-hydrogen) atoms. The predicted octanol–water partition coefficient (Wildman–Crippen LogP) is 3.38. The zero-order valence-electron chi connectivity index (χ0n) is 11.4. The number of anilines is 2. The van der Waals surface area contributed by atoms with Crippen molar-refractivity contribution < 1.29 is 9.90 Å². The maximum absolute atomic E-state index is 11.4. The third-order valence-corrected chi connectivity index (χ3v) is 3.27. The lowest BCUT2D eigenvalue weighted by Crippen LogP contribution is -2.05. The maximum atomic E-state index is 11.4. The maximum Gasteiger partial charge on any atom is 0.339 e. The largest absolute Gasteiger partial charge is 0.478 e. The van der Waals surface area contributed by atoms with E-state index in [2.05, 4.69) is 15.3 Å². The molecule has 0 fully saturated rings. The third-order valence-electron chi connectivity index (χ3n) is 3.27. The zero-order chi connectivity index (χ0) is 14.8. The lowest BCUT2D eigenvalue weighted by molar-refractivity contribution is 0.0697. The Hall–Kier alpha value is -2.95. The zero-order valence-corrected chi connectivity index (χ0v) is 11.4. The first kappa shape index (κ1) is 13.1. The fourth-order valence-corrected chi connectivity index (χ4v) is 2.19. The summed E-state index contributed by atoms with van der Waals surface area (Å²) in [6.45, 7) is 1.87. The van der Waals surface area contributed by atoms with Crippen LogP contribution >= 0.6 is 0 Å². The van der Waals surface area contributed by atoms with Gasteiger partial charge >= 0.3 is 5.97 Å². The van der Waals surface area contributed by atoms with E-state index < -0.39 is 5.97 Å². The summed E-state index contributed by atoms with van der Waals surface area (Å²) in [6, 6.07) is 11.1. The van der Waals surface area contributed by atoms with E-state index in [1.807, 2.05) is 37.3 Å². The number of carboxylic acid groups (broad SMARTS) is 1. The van der Waals surface area contributed by atoms with Crippen LogP contribution in [-0.4, -0.2) is 21.0 Å². The van der Waals surface area contributed by atoms with Crippen molar-refractivity contribution in [1.82, 2.24) is 9.97 Å². The van der Waals surface area contributed by atoms with Crippen LogP contribution in [0.2, 0.25) is 0 Å². The molecule has 5 nitrogen and oxygen atoms in total. The lowest BCUT2D eigenvalue weighted by Gasteiger charge is -2.13. The molecule has 0 unspecified atom stereocenters. The molecule has 3 rings (SSSR count). The lowest BCUT2D eigenvalue weighted by atomic mass is 10.1. The van der Waals surface area contributed by atoms with Gasteiger partial charge in [0.2, 0.25) is 0 Å². The van der Waals surface area contributed by atoms with Crippen molar-refractivity contribution in [1.29, 1.82) is 0 Å². The van der Waals surface area contributed by atoms with Gasteiger partial charge < -0.3 is 10.4 Å². The van der Waals surface area contributed by atoms with Gasteiger partial charge in [0.25, 0.3) is 0 Å². The molecule has 0 amide bonds. The minimum atomic E-state index is -1.02. The predicted molar refractivity (Wildman–Crippen MR) is 81.0 cm³/mol. The quantitative estimate of drug-likeness (QED) is 0.768. The van der Waals surface area contributed by atoms with Gasteiger partial charge in [-0.1, -0.05) is 18.2 Å². The summed E-state index contributed by atoms with van der Waals surface area (Å²) in [5.41, 5.74) is 2.98. The van der Waals surface area contributed by atoms with Crippen molar-refractivity contribution in [3.63, 3.8) is 0 Å². The van der Waals surface area contributed by atoms with E-state index in [0.717, 1.165) is 22.3 Å². The number of pyridine rings is 2. The molecule has 2 aromatic heterocycles. The number of aromatic nitrogens is 2. The molecule has 0 aliphatic rings. The highest BCUT2D eigenvalue weighted by Crippen LogP contribution is 2.29. The van der Waals surface area contributed by atoms with Crippen molar-refractivity contribution in [2.24, 2.45) is 0 Å². The summed E-state index contributed by atoms with van der Waals surface area (Å²) in [4.78, 5) is 19.8. The van der Waals surface area contributed by atoms with Crippen LogP contribution in [0.15, 0.2) is 48.8 Å². The fraction of sp³-hybridized carbons (Fsp3) is 0.0625. The van der Waals surface area contributed by atoms with Crippen LogP contribution in [0.25, 0.3) is 10.9 Å². The monoisotopic (exact) mass is 279 g/mol. The van der Waals surface area contributed by atoms with Gasteiger partial charge in [-0.05, 0) is 25.1 Å². The molecule has 0 radical (unpaired) electrons. The molecule has 0 spiro atoms. The smallest absolute Gasteiger partial charge is 0.339 e. The van der Waals surface area contributed by atoms with Gasteiger partial charge in [-0.25, -0.2) is 4.79 Å². The van der Waals surface area contributed by atoms with E-state index in [-0.39, 0.29) is 5.56 Å². The summed E-state index contributed by atoms with van der Waals surface area (Å²) >= 11 is 0. The Morgan fingerprint density at radius 1 is 1.14 bits per heavy atom. The average Bonchev–Trinajstić information content (AvgIpc) is 2.49. The van der Waals surface area contributed by atoms with E-state index in [9.17, 15) is 9.90 Å². The van der Waals surface area contributed by atoms with Crippen LogP contribution < -0.4 is 5.32 Å². The van der Waals surface area contributed by atoms with Crippen molar-refractivity contribution in [3.05, 3.63) is 60.0 Å². The van der Waals surface area contributed by atoms with Crippen molar-refractivity contribution >= 4 is 28.2 Å². The van der Waals surface area contributed by atoms with Crippen LogP contribution in [-0.2, 0) is 0 Å². The molecule has 5 heteroatoms. The van der Waals surface area contributed by atoms with Gasteiger partial charge in [0, 0.05) is 17.8 Å². The number of nitrogens with zero attached hydrogens (tertiary/aromatic N) is 2. The molecule has 0 bridgehead atoms. The number of hydrogen-bond donors (Lipinski definition) is 2. The highest BCUT2D eigenvalue weighted by Gasteiger charge is 2.15. The molecule has 104 valence electrons. The average molecular weight is 279 g/mol. The van der Waals surface area contributed by atoms with Crippen molar-refractivity contribution in [3.8, 4) is 0 Å². The number of benzene rings is 1. The second-order valence-electron chi connectivity index (χ2n) is 4.63. The minimum Gasteiger partial charge on any atom is -0.478 e.